The van der Waals surface area contributed by atoms with Gasteiger partial charge in [0, 0.05) is 11.8 Å². The van der Waals surface area contributed by atoms with E-state index in [9.17, 15) is 0 Å². The molecule has 0 saturated carbocycles. The number of fused-ring (bicyclic) bond motifs is 1. The largest absolute Gasteiger partial charge is 0.496 e. The lowest BCUT2D eigenvalue weighted by Gasteiger charge is -2.17. The van der Waals surface area contributed by atoms with Crippen LogP contribution in [0.5, 0.6) is 5.75 Å². The molecule has 2 fully saturated rings. The second-order valence-electron chi connectivity index (χ2n) is 7.50. The Morgan fingerprint density at radius 2 is 2.00 bits per heavy atom. The van der Waals surface area contributed by atoms with E-state index in [1.165, 1.54) is 0 Å². The number of para-hydroxylation sites is 1. The maximum absolute atomic E-state index is 6.07. The fourth-order valence-corrected chi connectivity index (χ4v) is 4.15. The molecule has 2 saturated heterocycles. The molecule has 2 aliphatic rings. The van der Waals surface area contributed by atoms with Crippen molar-refractivity contribution in [2.24, 2.45) is 0 Å². The minimum absolute atomic E-state index is 0.00457. The number of nitrogens with two attached hydrogens (primary N) is 1. The van der Waals surface area contributed by atoms with Gasteiger partial charge in [0.15, 0.2) is 5.76 Å². The average molecular weight is 409 g/mol. The van der Waals surface area contributed by atoms with E-state index >= 15 is 0 Å². The van der Waals surface area contributed by atoms with Crippen LogP contribution in [0.15, 0.2) is 59.3 Å². The van der Waals surface area contributed by atoms with E-state index in [2.05, 4.69) is 20.6 Å². The van der Waals surface area contributed by atoms with Gasteiger partial charge in [0.25, 0.3) is 0 Å². The van der Waals surface area contributed by atoms with Crippen molar-refractivity contribution in [2.75, 3.05) is 25.6 Å². The molecular formula is C22H25N4O4+. The normalized spacial score (nSPS) is 25.2. The molecule has 5 rings (SSSR count). The second-order valence-corrected chi connectivity index (χ2v) is 7.50. The Bertz CT molecular complexity index is 981. The standard InChI is InChI=1S/C22H24N4O4/c1-27-19-7-3-2-6-15(19)16-8-9-23-22(25-16)26-18-13-30-20-17(12-29-21(18)20)24-11-14-5-4-10-28-14/h2-10,17-18,20-21,24H,11-13H2,1H3,(H,23,25,26)/p+1/t17-,18-,20+,21+/m0/s1. The van der Waals surface area contributed by atoms with Crippen molar-refractivity contribution in [3.63, 3.8) is 0 Å². The molecule has 0 spiro atoms. The van der Waals surface area contributed by atoms with Gasteiger partial charge in [0.1, 0.15) is 37.2 Å². The highest BCUT2D eigenvalue weighted by atomic mass is 16.6. The van der Waals surface area contributed by atoms with Crippen LogP contribution in [0.4, 0.5) is 5.95 Å². The molecule has 0 unspecified atom stereocenters. The topological polar surface area (TPSA) is 95.2 Å². The highest BCUT2D eigenvalue weighted by Crippen LogP contribution is 2.30. The molecule has 0 bridgehead atoms. The van der Waals surface area contributed by atoms with Crippen LogP contribution < -0.4 is 15.4 Å². The van der Waals surface area contributed by atoms with Crippen molar-refractivity contribution in [3.8, 4) is 17.0 Å². The van der Waals surface area contributed by atoms with Crippen LogP contribution >= 0.6 is 0 Å². The van der Waals surface area contributed by atoms with E-state index in [4.69, 9.17) is 18.6 Å². The Morgan fingerprint density at radius 1 is 1.10 bits per heavy atom. The number of methoxy groups -OCH3 is 1. The fraction of sp³-hybridized carbons (Fsp3) is 0.364. The molecule has 4 heterocycles. The Kier molecular flexibility index (Phi) is 5.35. The molecule has 4 atom stereocenters. The summed E-state index contributed by atoms with van der Waals surface area (Å²) in [5.74, 6) is 2.28. The lowest BCUT2D eigenvalue weighted by atomic mass is 10.1. The van der Waals surface area contributed by atoms with Crippen molar-refractivity contribution >= 4 is 5.95 Å². The van der Waals surface area contributed by atoms with Crippen molar-refractivity contribution in [2.45, 2.75) is 30.8 Å². The minimum Gasteiger partial charge on any atom is -0.496 e. The predicted octanol–water partition coefficient (Wildman–Crippen LogP) is 1.46. The van der Waals surface area contributed by atoms with E-state index < -0.39 is 0 Å². The third-order valence-electron chi connectivity index (χ3n) is 5.65. The number of hydrogen-bond acceptors (Lipinski definition) is 7. The molecule has 2 aliphatic heterocycles. The molecule has 0 aliphatic carbocycles. The van der Waals surface area contributed by atoms with Crippen LogP contribution in [0.25, 0.3) is 11.3 Å². The van der Waals surface area contributed by atoms with Gasteiger partial charge in [-0.3, -0.25) is 0 Å². The van der Waals surface area contributed by atoms with Crippen LogP contribution in [-0.4, -0.2) is 54.6 Å². The SMILES string of the molecule is COc1ccccc1-c1ccnc(N[C@H]2CO[C@H]3[C@@H]2OC[C@@H]3[NH2+]Cc2ccco2)n1. The van der Waals surface area contributed by atoms with Crippen LogP contribution in [0.2, 0.25) is 0 Å². The average Bonchev–Trinajstić information content (AvgIpc) is 3.52. The van der Waals surface area contributed by atoms with Crippen LogP contribution in [0, 0.1) is 0 Å². The first-order valence-corrected chi connectivity index (χ1v) is 10.1. The third-order valence-corrected chi connectivity index (χ3v) is 5.65. The van der Waals surface area contributed by atoms with Crippen molar-refractivity contribution in [1.29, 1.82) is 0 Å². The maximum Gasteiger partial charge on any atom is 0.223 e. The molecule has 3 aromatic rings. The van der Waals surface area contributed by atoms with Crippen LogP contribution in [0.3, 0.4) is 0 Å². The second kappa shape index (κ2) is 8.43. The molecule has 30 heavy (non-hydrogen) atoms. The lowest BCUT2D eigenvalue weighted by Crippen LogP contribution is -2.91. The van der Waals surface area contributed by atoms with Crippen molar-refractivity contribution in [1.82, 2.24) is 9.97 Å². The summed E-state index contributed by atoms with van der Waals surface area (Å²) in [7, 11) is 1.66. The zero-order chi connectivity index (χ0) is 20.3. The highest BCUT2D eigenvalue weighted by Gasteiger charge is 2.50. The first kappa shape index (κ1) is 19.0. The number of ether oxygens (including phenoxy) is 3. The van der Waals surface area contributed by atoms with E-state index in [1.54, 1.807) is 19.6 Å². The lowest BCUT2D eigenvalue weighted by molar-refractivity contribution is -0.709. The van der Waals surface area contributed by atoms with Gasteiger partial charge in [-0.05, 0) is 30.3 Å². The van der Waals surface area contributed by atoms with Gasteiger partial charge < -0.3 is 29.3 Å². The molecule has 8 nitrogen and oxygen atoms in total. The number of benzene rings is 1. The summed E-state index contributed by atoms with van der Waals surface area (Å²) in [5, 5.41) is 5.63. The van der Waals surface area contributed by atoms with E-state index in [0.29, 0.717) is 19.2 Å². The summed E-state index contributed by atoms with van der Waals surface area (Å²) in [5.41, 5.74) is 1.73. The first-order chi connectivity index (χ1) is 14.8. The number of nitrogens with zero attached hydrogens (tertiary/aromatic N) is 2. The van der Waals surface area contributed by atoms with Crippen molar-refractivity contribution in [3.05, 3.63) is 60.7 Å². The van der Waals surface area contributed by atoms with Crippen LogP contribution in [-0.2, 0) is 16.0 Å². The zero-order valence-electron chi connectivity index (χ0n) is 16.7. The third kappa shape index (κ3) is 3.77. The summed E-state index contributed by atoms with van der Waals surface area (Å²) in [6, 6.07) is 13.8. The summed E-state index contributed by atoms with van der Waals surface area (Å²) >= 11 is 0. The van der Waals surface area contributed by atoms with E-state index in [1.807, 2.05) is 42.5 Å². The van der Waals surface area contributed by atoms with Gasteiger partial charge in [0.05, 0.1) is 31.7 Å². The maximum atomic E-state index is 6.07. The molecule has 1 aromatic carbocycles. The number of anilines is 1. The summed E-state index contributed by atoms with van der Waals surface area (Å²) in [6.07, 6.45) is 3.46. The fourth-order valence-electron chi connectivity index (χ4n) is 4.15. The van der Waals surface area contributed by atoms with Crippen LogP contribution in [0.1, 0.15) is 5.76 Å². The molecule has 0 amide bonds. The number of nitrogens with one attached hydrogen (secondary N) is 1. The molecule has 8 heteroatoms. The molecule has 156 valence electrons. The van der Waals surface area contributed by atoms with Gasteiger partial charge in [-0.1, -0.05) is 12.1 Å². The van der Waals surface area contributed by atoms with Gasteiger partial charge in [-0.25, -0.2) is 9.97 Å². The Hall–Kier alpha value is -2.94. The number of quaternary nitrogens is 1. The highest BCUT2D eigenvalue weighted by molar-refractivity contribution is 5.67. The predicted molar refractivity (Wildman–Crippen MR) is 109 cm³/mol. The van der Waals surface area contributed by atoms with E-state index in [0.717, 1.165) is 29.3 Å². The van der Waals surface area contributed by atoms with Gasteiger partial charge in [-0.2, -0.15) is 0 Å². The smallest absolute Gasteiger partial charge is 0.223 e. The number of aromatic nitrogens is 2. The van der Waals surface area contributed by atoms with Crippen molar-refractivity contribution < 1.29 is 23.9 Å². The van der Waals surface area contributed by atoms with E-state index in [-0.39, 0.29) is 24.3 Å². The Labute approximate surface area is 174 Å². The molecule has 3 N–H and O–H groups in total. The molecular weight excluding hydrogens is 384 g/mol. The summed E-state index contributed by atoms with van der Waals surface area (Å²) in [6.45, 7) is 1.98. The number of rotatable bonds is 7. The minimum atomic E-state index is -0.0265. The van der Waals surface area contributed by atoms with Gasteiger partial charge >= 0.3 is 0 Å². The summed E-state index contributed by atoms with van der Waals surface area (Å²) < 4.78 is 23.0. The Balaban J connectivity index is 1.25. The quantitative estimate of drug-likeness (QED) is 0.610. The molecule has 2 aromatic heterocycles. The first-order valence-electron chi connectivity index (χ1n) is 10.1. The monoisotopic (exact) mass is 409 g/mol. The zero-order valence-corrected chi connectivity index (χ0v) is 16.7. The molecule has 0 radical (unpaired) electrons. The Morgan fingerprint density at radius 3 is 2.87 bits per heavy atom. The summed E-state index contributed by atoms with van der Waals surface area (Å²) in [4.78, 5) is 9.08. The van der Waals surface area contributed by atoms with Gasteiger partial charge in [-0.15, -0.1) is 0 Å². The van der Waals surface area contributed by atoms with Gasteiger partial charge in [0.2, 0.25) is 5.95 Å². The number of furan rings is 1. The number of hydrogen-bond donors (Lipinski definition) is 2.